The molecule has 2 heterocycles. The van der Waals surface area contributed by atoms with Gasteiger partial charge in [-0.15, -0.1) is 0 Å². The minimum atomic E-state index is -0.0267. The van der Waals surface area contributed by atoms with Crippen LogP contribution in [0, 0.1) is 0 Å². The first-order valence-corrected chi connectivity index (χ1v) is 6.65. The minimum absolute atomic E-state index is 0.0267. The fourth-order valence-corrected chi connectivity index (χ4v) is 2.31. The zero-order valence-corrected chi connectivity index (χ0v) is 10.9. The van der Waals surface area contributed by atoms with E-state index in [-0.39, 0.29) is 6.17 Å². The molecule has 6 nitrogen and oxygen atoms in total. The predicted octanol–water partition coefficient (Wildman–Crippen LogP) is 0.200. The number of nitrogens with one attached hydrogen (secondary N) is 2. The molecule has 2 aliphatic heterocycles. The largest absolute Gasteiger partial charge is 0.391 e. The molecule has 2 aliphatic rings. The molecule has 0 aromatic carbocycles. The number of piperazine rings is 1. The van der Waals surface area contributed by atoms with Crippen molar-refractivity contribution in [3.8, 4) is 0 Å². The molecule has 1 unspecified atom stereocenters. The van der Waals surface area contributed by atoms with Gasteiger partial charge in [0.2, 0.25) is 0 Å². The van der Waals surface area contributed by atoms with Crippen LogP contribution in [0.4, 0.5) is 0 Å². The van der Waals surface area contributed by atoms with Crippen LogP contribution in [0.1, 0.15) is 26.2 Å². The standard InChI is InChI=1S/C12H22N4O2/c1-2-3-11(17)10-12(16-14-6-9-18-16)15-7-4-13-5-8-15/h6,9,12-14H,2-5,7-8,10H2,1H3. The highest BCUT2D eigenvalue weighted by molar-refractivity contribution is 5.78. The number of Topliss-reactive ketones (excluding diaryl/α,β-unsaturated/α-hetero) is 1. The van der Waals surface area contributed by atoms with Crippen LogP contribution in [-0.2, 0) is 9.63 Å². The van der Waals surface area contributed by atoms with E-state index in [1.54, 1.807) is 17.6 Å². The van der Waals surface area contributed by atoms with Crippen molar-refractivity contribution in [2.45, 2.75) is 32.4 Å². The Morgan fingerprint density at radius 2 is 2.22 bits per heavy atom. The molecule has 0 bridgehead atoms. The molecule has 0 aliphatic carbocycles. The van der Waals surface area contributed by atoms with Crippen molar-refractivity contribution < 1.29 is 9.63 Å². The summed E-state index contributed by atoms with van der Waals surface area (Å²) in [6.07, 6.45) is 5.35. The second-order valence-corrected chi connectivity index (χ2v) is 4.62. The number of rotatable bonds is 6. The van der Waals surface area contributed by atoms with Crippen LogP contribution < -0.4 is 10.7 Å². The maximum atomic E-state index is 11.9. The van der Waals surface area contributed by atoms with Gasteiger partial charge in [0.1, 0.15) is 18.2 Å². The molecule has 1 saturated heterocycles. The van der Waals surface area contributed by atoms with Crippen LogP contribution in [0.25, 0.3) is 0 Å². The fourth-order valence-electron chi connectivity index (χ4n) is 2.31. The minimum Gasteiger partial charge on any atom is -0.391 e. The first-order chi connectivity index (χ1) is 8.81. The Hall–Kier alpha value is -1.11. The van der Waals surface area contributed by atoms with E-state index in [1.807, 2.05) is 6.92 Å². The first kappa shape index (κ1) is 13.3. The molecule has 0 amide bonds. The zero-order valence-electron chi connectivity index (χ0n) is 10.9. The van der Waals surface area contributed by atoms with E-state index in [0.29, 0.717) is 18.6 Å². The third-order valence-electron chi connectivity index (χ3n) is 3.23. The molecular formula is C12H22N4O2. The van der Waals surface area contributed by atoms with Crippen LogP contribution in [0.3, 0.4) is 0 Å². The van der Waals surface area contributed by atoms with E-state index in [1.165, 1.54) is 0 Å². The van der Waals surface area contributed by atoms with Gasteiger partial charge in [0.25, 0.3) is 0 Å². The van der Waals surface area contributed by atoms with Crippen molar-refractivity contribution in [2.24, 2.45) is 0 Å². The summed E-state index contributed by atoms with van der Waals surface area (Å²) in [4.78, 5) is 19.5. The van der Waals surface area contributed by atoms with Crippen molar-refractivity contribution in [1.29, 1.82) is 0 Å². The summed E-state index contributed by atoms with van der Waals surface area (Å²) >= 11 is 0. The molecule has 0 radical (unpaired) electrons. The number of hydrogen-bond acceptors (Lipinski definition) is 6. The molecular weight excluding hydrogens is 232 g/mol. The van der Waals surface area contributed by atoms with E-state index >= 15 is 0 Å². The van der Waals surface area contributed by atoms with Crippen LogP contribution in [0.5, 0.6) is 0 Å². The Kier molecular flexibility index (Phi) is 4.98. The van der Waals surface area contributed by atoms with E-state index < -0.39 is 0 Å². The number of hydrogen-bond donors (Lipinski definition) is 2. The number of carbonyl (C=O) groups excluding carboxylic acids is 1. The monoisotopic (exact) mass is 254 g/mol. The number of hydrazine groups is 1. The van der Waals surface area contributed by atoms with Gasteiger partial charge < -0.3 is 10.2 Å². The summed E-state index contributed by atoms with van der Waals surface area (Å²) < 4.78 is 0. The van der Waals surface area contributed by atoms with Gasteiger partial charge in [-0.1, -0.05) is 6.92 Å². The van der Waals surface area contributed by atoms with Crippen LogP contribution >= 0.6 is 0 Å². The Morgan fingerprint density at radius 1 is 1.44 bits per heavy atom. The van der Waals surface area contributed by atoms with Gasteiger partial charge >= 0.3 is 0 Å². The highest BCUT2D eigenvalue weighted by Gasteiger charge is 2.30. The Morgan fingerprint density at radius 3 is 2.83 bits per heavy atom. The lowest BCUT2D eigenvalue weighted by Gasteiger charge is -2.37. The molecule has 102 valence electrons. The van der Waals surface area contributed by atoms with Crippen molar-refractivity contribution in [2.75, 3.05) is 26.2 Å². The lowest BCUT2D eigenvalue weighted by molar-refractivity contribution is -0.193. The predicted molar refractivity (Wildman–Crippen MR) is 68.0 cm³/mol. The van der Waals surface area contributed by atoms with E-state index in [0.717, 1.165) is 32.6 Å². The Labute approximate surface area is 108 Å². The molecule has 1 atom stereocenters. The summed E-state index contributed by atoms with van der Waals surface area (Å²) in [5.74, 6) is 0.290. The first-order valence-electron chi connectivity index (χ1n) is 6.65. The van der Waals surface area contributed by atoms with Crippen LogP contribution in [-0.4, -0.2) is 48.2 Å². The molecule has 18 heavy (non-hydrogen) atoms. The fraction of sp³-hybridized carbons (Fsp3) is 0.750. The number of hydroxylamine groups is 1. The molecule has 1 fully saturated rings. The average Bonchev–Trinajstić information content (AvgIpc) is 2.91. The van der Waals surface area contributed by atoms with Crippen molar-refractivity contribution in [1.82, 2.24) is 20.8 Å². The molecule has 0 spiro atoms. The van der Waals surface area contributed by atoms with E-state index in [9.17, 15) is 4.79 Å². The molecule has 2 N–H and O–H groups in total. The maximum absolute atomic E-state index is 11.9. The van der Waals surface area contributed by atoms with Crippen molar-refractivity contribution in [3.05, 3.63) is 12.5 Å². The number of nitrogens with zero attached hydrogens (tertiary/aromatic N) is 2. The Bertz CT molecular complexity index is 294. The van der Waals surface area contributed by atoms with Crippen LogP contribution in [0.15, 0.2) is 12.5 Å². The summed E-state index contributed by atoms with van der Waals surface area (Å²) in [5.41, 5.74) is 3.02. The normalized spacial score (nSPS) is 22.5. The topological polar surface area (TPSA) is 56.8 Å². The SMILES string of the molecule is CCCC(=O)CC(N1CCNCC1)N1NC=CO1. The average molecular weight is 254 g/mol. The Balaban J connectivity index is 1.94. The second-order valence-electron chi connectivity index (χ2n) is 4.62. The highest BCUT2D eigenvalue weighted by atomic mass is 16.7. The number of carbonyl (C=O) groups is 1. The summed E-state index contributed by atoms with van der Waals surface area (Å²) in [6.45, 7) is 5.82. The van der Waals surface area contributed by atoms with Crippen LogP contribution in [0.2, 0.25) is 0 Å². The lowest BCUT2D eigenvalue weighted by Crippen LogP contribution is -2.56. The lowest BCUT2D eigenvalue weighted by atomic mass is 10.1. The van der Waals surface area contributed by atoms with Gasteiger partial charge in [-0.2, -0.15) is 0 Å². The van der Waals surface area contributed by atoms with Gasteiger partial charge in [0, 0.05) is 39.0 Å². The van der Waals surface area contributed by atoms with Gasteiger partial charge in [-0.05, 0) is 11.6 Å². The van der Waals surface area contributed by atoms with Gasteiger partial charge in [0.05, 0.1) is 6.20 Å². The van der Waals surface area contributed by atoms with Crippen molar-refractivity contribution in [3.63, 3.8) is 0 Å². The highest BCUT2D eigenvalue weighted by Crippen LogP contribution is 2.14. The van der Waals surface area contributed by atoms with Gasteiger partial charge in [0.15, 0.2) is 0 Å². The van der Waals surface area contributed by atoms with E-state index in [4.69, 9.17) is 4.84 Å². The summed E-state index contributed by atoms with van der Waals surface area (Å²) in [6, 6.07) is 0. The van der Waals surface area contributed by atoms with Gasteiger partial charge in [-0.25, -0.2) is 0 Å². The summed E-state index contributed by atoms with van der Waals surface area (Å²) in [7, 11) is 0. The molecule has 0 aromatic heterocycles. The molecule has 2 rings (SSSR count). The van der Waals surface area contributed by atoms with E-state index in [2.05, 4.69) is 15.6 Å². The third-order valence-corrected chi connectivity index (χ3v) is 3.23. The van der Waals surface area contributed by atoms with Gasteiger partial charge in [-0.3, -0.25) is 15.1 Å². The summed E-state index contributed by atoms with van der Waals surface area (Å²) in [5, 5.41) is 4.98. The third kappa shape index (κ3) is 3.44. The maximum Gasteiger partial charge on any atom is 0.136 e. The number of ketones is 1. The van der Waals surface area contributed by atoms with Crippen molar-refractivity contribution >= 4 is 5.78 Å². The molecule has 0 aromatic rings. The molecule has 6 heteroatoms. The smallest absolute Gasteiger partial charge is 0.136 e. The second kappa shape index (κ2) is 6.72. The quantitative estimate of drug-likeness (QED) is 0.706. The molecule has 0 saturated carbocycles. The zero-order chi connectivity index (χ0) is 12.8.